The molecule has 2 N–H and O–H groups in total. The maximum atomic E-state index is 11.8. The fourth-order valence-electron chi connectivity index (χ4n) is 1.25. The number of hydrogen-bond donors (Lipinski definition) is 2. The van der Waals surface area contributed by atoms with Gasteiger partial charge in [-0.2, -0.15) is 5.10 Å². The van der Waals surface area contributed by atoms with Gasteiger partial charge in [-0.25, -0.2) is 15.4 Å². The Morgan fingerprint density at radius 3 is 2.78 bits per heavy atom. The lowest BCUT2D eigenvalue weighted by Gasteiger charge is -2.11. The zero-order valence-corrected chi connectivity index (χ0v) is 12.1. The van der Waals surface area contributed by atoms with Crippen LogP contribution in [0.15, 0.2) is 20.5 Å². The minimum absolute atomic E-state index is 0.198. The molecule has 1 aromatic heterocycles. The molecule has 18 heavy (non-hydrogen) atoms. The first-order valence-corrected chi connectivity index (χ1v) is 6.49. The molecular weight excluding hydrogens is 370 g/mol. The van der Waals surface area contributed by atoms with Gasteiger partial charge in [0.05, 0.1) is 6.20 Å². The molecule has 0 bridgehead atoms. The van der Waals surface area contributed by atoms with E-state index in [1.54, 1.807) is 0 Å². The van der Waals surface area contributed by atoms with Gasteiger partial charge in [-0.15, -0.1) is 0 Å². The predicted octanol–water partition coefficient (Wildman–Crippen LogP) is 1.21. The summed E-state index contributed by atoms with van der Waals surface area (Å²) in [6, 6.07) is 0. The quantitative estimate of drug-likeness (QED) is 0.810. The summed E-state index contributed by atoms with van der Waals surface area (Å²) in [4.78, 5) is 30.7. The number of nitrogens with one attached hydrogen (secondary N) is 2. The van der Waals surface area contributed by atoms with Crippen molar-refractivity contribution in [3.8, 4) is 0 Å². The molecule has 9 heteroatoms. The standard InChI is InChI=1S/C9H7Br2N5O2/c10-5-3-12-8(7(11)13-5)14-9(18)4-1-2-6(17)16-15-4/h3H,1-2H2,(H,16,17)(H,12,14,18). The fourth-order valence-corrected chi connectivity index (χ4v) is 2.16. The molecule has 0 fully saturated rings. The number of hydrazone groups is 1. The van der Waals surface area contributed by atoms with Crippen molar-refractivity contribution >= 4 is 55.2 Å². The number of amides is 2. The van der Waals surface area contributed by atoms with Crippen molar-refractivity contribution in [1.29, 1.82) is 0 Å². The molecule has 0 atom stereocenters. The van der Waals surface area contributed by atoms with Crippen LogP contribution in [0.2, 0.25) is 0 Å². The molecule has 2 heterocycles. The number of aromatic nitrogens is 2. The van der Waals surface area contributed by atoms with Gasteiger partial charge in [0.2, 0.25) is 5.91 Å². The van der Waals surface area contributed by atoms with E-state index in [4.69, 9.17) is 0 Å². The predicted molar refractivity (Wildman–Crippen MR) is 70.9 cm³/mol. The number of carbonyl (C=O) groups excluding carboxylic acids is 2. The summed E-state index contributed by atoms with van der Waals surface area (Å²) < 4.78 is 0.959. The number of nitrogens with zero attached hydrogens (tertiary/aromatic N) is 3. The van der Waals surface area contributed by atoms with E-state index in [0.29, 0.717) is 21.4 Å². The first-order valence-electron chi connectivity index (χ1n) is 4.91. The van der Waals surface area contributed by atoms with Crippen molar-refractivity contribution in [3.05, 3.63) is 15.4 Å². The Bertz CT molecular complexity index is 546. The number of halogens is 2. The second-order valence-corrected chi connectivity index (χ2v) is 4.94. The number of rotatable bonds is 2. The number of anilines is 1. The van der Waals surface area contributed by atoms with Crippen LogP contribution in [0.5, 0.6) is 0 Å². The van der Waals surface area contributed by atoms with Gasteiger partial charge in [0.1, 0.15) is 14.9 Å². The van der Waals surface area contributed by atoms with Gasteiger partial charge in [0.25, 0.3) is 5.91 Å². The molecule has 94 valence electrons. The highest BCUT2D eigenvalue weighted by atomic mass is 79.9. The van der Waals surface area contributed by atoms with E-state index in [1.165, 1.54) is 6.20 Å². The van der Waals surface area contributed by atoms with Crippen LogP contribution >= 0.6 is 31.9 Å². The summed E-state index contributed by atoms with van der Waals surface area (Å²) in [6.45, 7) is 0. The van der Waals surface area contributed by atoms with Crippen molar-refractivity contribution in [2.45, 2.75) is 12.8 Å². The zero-order chi connectivity index (χ0) is 13.1. The highest BCUT2D eigenvalue weighted by molar-refractivity contribution is 9.11. The first-order chi connectivity index (χ1) is 8.56. The van der Waals surface area contributed by atoms with E-state index < -0.39 is 5.91 Å². The maximum Gasteiger partial charge on any atom is 0.273 e. The van der Waals surface area contributed by atoms with Crippen LogP contribution in [0.25, 0.3) is 0 Å². The van der Waals surface area contributed by atoms with Crippen LogP contribution in [0, 0.1) is 0 Å². The van der Waals surface area contributed by atoms with E-state index in [1.807, 2.05) is 0 Å². The Labute approximate surface area is 119 Å². The monoisotopic (exact) mass is 375 g/mol. The Morgan fingerprint density at radius 1 is 1.39 bits per heavy atom. The van der Waals surface area contributed by atoms with E-state index >= 15 is 0 Å². The third-order valence-electron chi connectivity index (χ3n) is 2.10. The second kappa shape index (κ2) is 5.53. The molecule has 0 aliphatic carbocycles. The van der Waals surface area contributed by atoms with Crippen molar-refractivity contribution in [2.24, 2.45) is 5.10 Å². The largest absolute Gasteiger partial charge is 0.303 e. The van der Waals surface area contributed by atoms with E-state index in [-0.39, 0.29) is 18.0 Å². The highest BCUT2D eigenvalue weighted by Gasteiger charge is 2.19. The molecule has 1 aliphatic rings. The van der Waals surface area contributed by atoms with Crippen LogP contribution in [-0.4, -0.2) is 27.5 Å². The Kier molecular flexibility index (Phi) is 4.02. The summed E-state index contributed by atoms with van der Waals surface area (Å²) in [5, 5.41) is 6.25. The third kappa shape index (κ3) is 3.10. The molecule has 0 spiro atoms. The Morgan fingerprint density at radius 2 is 2.17 bits per heavy atom. The van der Waals surface area contributed by atoms with E-state index in [2.05, 4.69) is 57.7 Å². The molecule has 1 aromatic rings. The molecule has 2 rings (SSSR count). The Balaban J connectivity index is 2.09. The molecule has 7 nitrogen and oxygen atoms in total. The first kappa shape index (κ1) is 13.1. The van der Waals surface area contributed by atoms with Crippen molar-refractivity contribution in [3.63, 3.8) is 0 Å². The zero-order valence-electron chi connectivity index (χ0n) is 8.91. The number of hydrogen-bond acceptors (Lipinski definition) is 5. The average Bonchev–Trinajstić information content (AvgIpc) is 2.33. The van der Waals surface area contributed by atoms with Crippen molar-refractivity contribution in [1.82, 2.24) is 15.4 Å². The second-order valence-electron chi connectivity index (χ2n) is 3.38. The average molecular weight is 377 g/mol. The number of carbonyl (C=O) groups is 2. The van der Waals surface area contributed by atoms with Gasteiger partial charge in [-0.1, -0.05) is 0 Å². The molecule has 2 amide bonds. The summed E-state index contributed by atoms with van der Waals surface area (Å²) in [6.07, 6.45) is 2.02. The molecular formula is C9H7Br2N5O2. The highest BCUT2D eigenvalue weighted by Crippen LogP contribution is 2.19. The van der Waals surface area contributed by atoms with Gasteiger partial charge < -0.3 is 5.32 Å². The van der Waals surface area contributed by atoms with Crippen LogP contribution in [0.1, 0.15) is 12.8 Å². The summed E-state index contributed by atoms with van der Waals surface area (Å²) in [7, 11) is 0. The SMILES string of the molecule is O=C1CCC(C(=O)Nc2ncc(Br)nc2Br)=NN1. The summed E-state index contributed by atoms with van der Waals surface area (Å²) >= 11 is 6.34. The third-order valence-corrected chi connectivity index (χ3v) is 3.03. The van der Waals surface area contributed by atoms with Crippen LogP contribution in [0.4, 0.5) is 5.82 Å². The molecule has 0 saturated carbocycles. The van der Waals surface area contributed by atoms with Gasteiger partial charge in [-0.05, 0) is 31.9 Å². The lowest BCUT2D eigenvalue weighted by molar-refractivity contribution is -0.121. The molecule has 1 aliphatic heterocycles. The van der Waals surface area contributed by atoms with Crippen LogP contribution < -0.4 is 10.7 Å². The normalized spacial score (nSPS) is 14.8. The maximum absolute atomic E-state index is 11.8. The van der Waals surface area contributed by atoms with Gasteiger partial charge >= 0.3 is 0 Å². The molecule has 0 aromatic carbocycles. The van der Waals surface area contributed by atoms with Crippen molar-refractivity contribution < 1.29 is 9.59 Å². The molecule has 0 radical (unpaired) electrons. The van der Waals surface area contributed by atoms with Crippen LogP contribution in [0.3, 0.4) is 0 Å². The van der Waals surface area contributed by atoms with Gasteiger partial charge in [0, 0.05) is 12.8 Å². The van der Waals surface area contributed by atoms with Gasteiger partial charge in [-0.3, -0.25) is 9.59 Å². The van der Waals surface area contributed by atoms with E-state index in [0.717, 1.165) is 0 Å². The lowest BCUT2D eigenvalue weighted by Crippen LogP contribution is -2.33. The fraction of sp³-hybridized carbons (Fsp3) is 0.222. The van der Waals surface area contributed by atoms with Crippen molar-refractivity contribution in [2.75, 3.05) is 5.32 Å². The minimum atomic E-state index is -0.410. The minimum Gasteiger partial charge on any atom is -0.303 e. The Hall–Kier alpha value is -1.35. The van der Waals surface area contributed by atoms with E-state index in [9.17, 15) is 9.59 Å². The summed E-state index contributed by atoms with van der Waals surface area (Å²) in [5.74, 6) is -0.314. The smallest absolute Gasteiger partial charge is 0.273 e. The topological polar surface area (TPSA) is 96.3 Å². The van der Waals surface area contributed by atoms with Crippen LogP contribution in [-0.2, 0) is 9.59 Å². The summed E-state index contributed by atoms with van der Waals surface area (Å²) in [5.41, 5.74) is 2.51. The van der Waals surface area contributed by atoms with Gasteiger partial charge in [0.15, 0.2) is 5.82 Å². The molecule has 0 saturated heterocycles. The lowest BCUT2D eigenvalue weighted by atomic mass is 10.1. The molecule has 0 unspecified atom stereocenters.